The Balaban J connectivity index is 1.65. The van der Waals surface area contributed by atoms with Crippen molar-refractivity contribution in [3.05, 3.63) is 41.7 Å². The number of ether oxygens (including phenoxy) is 1. The Bertz CT molecular complexity index is 703. The van der Waals surface area contributed by atoms with Crippen LogP contribution in [0.4, 0.5) is 0 Å². The molecular weight excluding hydrogens is 308 g/mol. The van der Waals surface area contributed by atoms with E-state index >= 15 is 0 Å². The van der Waals surface area contributed by atoms with E-state index in [-0.39, 0.29) is 36.6 Å². The lowest BCUT2D eigenvalue weighted by atomic mass is 10.0. The summed E-state index contributed by atoms with van der Waals surface area (Å²) in [6.07, 6.45) is 2.12. The highest BCUT2D eigenvalue weighted by molar-refractivity contribution is 6.14. The molecule has 1 N–H and O–H groups in total. The minimum atomic E-state index is -0.0216. The van der Waals surface area contributed by atoms with Gasteiger partial charge >= 0.3 is 0 Å². The molecule has 0 unspecified atom stereocenters. The van der Waals surface area contributed by atoms with Crippen molar-refractivity contribution >= 4 is 17.3 Å². The third kappa shape index (κ3) is 4.29. The number of aliphatic imine (C=N–C) groups is 1. The fourth-order valence-electron chi connectivity index (χ4n) is 2.87. The zero-order valence-electron chi connectivity index (χ0n) is 13.4. The molecule has 0 spiro atoms. The maximum Gasteiger partial charge on any atom is 0.164 e. The molecule has 0 radical (unpaired) electrons. The maximum absolute atomic E-state index is 12.3. The van der Waals surface area contributed by atoms with Crippen LogP contribution in [0.2, 0.25) is 0 Å². The van der Waals surface area contributed by atoms with Gasteiger partial charge in [-0.1, -0.05) is 12.1 Å². The number of ketones is 2. The summed E-state index contributed by atoms with van der Waals surface area (Å²) in [5.74, 6) is 0.736. The highest BCUT2D eigenvalue weighted by atomic mass is 16.5. The molecule has 3 rings (SSSR count). The average molecular weight is 328 g/mol. The fourth-order valence-corrected chi connectivity index (χ4v) is 2.87. The van der Waals surface area contributed by atoms with Gasteiger partial charge in [-0.15, -0.1) is 0 Å². The first-order valence-electron chi connectivity index (χ1n) is 8.03. The van der Waals surface area contributed by atoms with Crippen LogP contribution in [0.3, 0.4) is 0 Å². The number of benzene rings is 1. The van der Waals surface area contributed by atoms with Gasteiger partial charge in [0.05, 0.1) is 13.2 Å². The first-order chi connectivity index (χ1) is 11.6. The third-order valence-corrected chi connectivity index (χ3v) is 3.99. The van der Waals surface area contributed by atoms with E-state index in [0.717, 1.165) is 5.56 Å². The summed E-state index contributed by atoms with van der Waals surface area (Å²) in [5.41, 5.74) is 1.36. The molecule has 6 heteroatoms. The molecule has 24 heavy (non-hydrogen) atoms. The van der Waals surface area contributed by atoms with Crippen molar-refractivity contribution in [1.29, 1.82) is 0 Å². The number of hydrogen-bond acceptors (Lipinski definition) is 6. The normalized spacial score (nSPS) is 18.2. The van der Waals surface area contributed by atoms with E-state index in [0.29, 0.717) is 37.8 Å². The number of nitrogens with zero attached hydrogens (tertiary/aromatic N) is 2. The van der Waals surface area contributed by atoms with Gasteiger partial charge in [-0.05, 0) is 17.7 Å². The van der Waals surface area contributed by atoms with E-state index in [1.54, 1.807) is 30.3 Å². The molecule has 0 aliphatic carbocycles. The molecule has 126 valence electrons. The highest BCUT2D eigenvalue weighted by Crippen LogP contribution is 2.17. The molecule has 0 amide bonds. The molecule has 1 saturated heterocycles. The lowest BCUT2D eigenvalue weighted by molar-refractivity contribution is -0.117. The largest absolute Gasteiger partial charge is 0.508 e. The molecule has 0 bridgehead atoms. The van der Waals surface area contributed by atoms with E-state index in [1.165, 1.54) is 0 Å². The quantitative estimate of drug-likeness (QED) is 0.886. The molecule has 1 aromatic carbocycles. The van der Waals surface area contributed by atoms with Crippen LogP contribution in [-0.2, 0) is 20.7 Å². The number of morpholine rings is 1. The summed E-state index contributed by atoms with van der Waals surface area (Å²) in [5, 5.41) is 9.46. The average Bonchev–Trinajstić information content (AvgIpc) is 2.55. The second-order valence-electron chi connectivity index (χ2n) is 5.99. The van der Waals surface area contributed by atoms with Gasteiger partial charge in [-0.3, -0.25) is 9.59 Å². The number of carbonyl (C=O) groups is 2. The molecule has 1 fully saturated rings. The van der Waals surface area contributed by atoms with Crippen LogP contribution in [-0.4, -0.2) is 53.6 Å². The van der Waals surface area contributed by atoms with Crippen molar-refractivity contribution < 1.29 is 19.4 Å². The second kappa shape index (κ2) is 7.40. The van der Waals surface area contributed by atoms with Gasteiger partial charge in [0.25, 0.3) is 0 Å². The van der Waals surface area contributed by atoms with Crippen molar-refractivity contribution in [2.75, 3.05) is 26.3 Å². The maximum atomic E-state index is 12.3. The topological polar surface area (TPSA) is 79.2 Å². The Labute approximate surface area is 140 Å². The molecule has 2 aliphatic rings. The van der Waals surface area contributed by atoms with Gasteiger partial charge in [0, 0.05) is 44.1 Å². The van der Waals surface area contributed by atoms with Gasteiger partial charge < -0.3 is 14.7 Å². The molecule has 0 saturated carbocycles. The number of Topliss-reactive ketones (excluding diaryl/α,β-unsaturated/α-hetero) is 1. The third-order valence-electron chi connectivity index (χ3n) is 3.99. The Morgan fingerprint density at radius 2 is 2.04 bits per heavy atom. The predicted octanol–water partition coefficient (Wildman–Crippen LogP) is 1.48. The van der Waals surface area contributed by atoms with Gasteiger partial charge in [0.15, 0.2) is 5.78 Å². The summed E-state index contributed by atoms with van der Waals surface area (Å²) in [4.78, 5) is 30.7. The number of rotatable bonds is 5. The van der Waals surface area contributed by atoms with Crippen molar-refractivity contribution in [3.8, 4) is 5.75 Å². The van der Waals surface area contributed by atoms with Crippen LogP contribution >= 0.6 is 0 Å². The Morgan fingerprint density at radius 1 is 1.25 bits per heavy atom. The van der Waals surface area contributed by atoms with Crippen molar-refractivity contribution in [3.63, 3.8) is 0 Å². The van der Waals surface area contributed by atoms with Crippen molar-refractivity contribution in [2.45, 2.75) is 19.3 Å². The Morgan fingerprint density at radius 3 is 2.79 bits per heavy atom. The molecule has 0 atom stereocenters. The first kappa shape index (κ1) is 16.4. The van der Waals surface area contributed by atoms with E-state index in [9.17, 15) is 14.7 Å². The number of hydrogen-bond donors (Lipinski definition) is 1. The van der Waals surface area contributed by atoms with Gasteiger partial charge in [0.1, 0.15) is 17.4 Å². The number of phenols is 1. The summed E-state index contributed by atoms with van der Waals surface area (Å²) >= 11 is 0. The van der Waals surface area contributed by atoms with E-state index in [2.05, 4.69) is 4.99 Å². The van der Waals surface area contributed by atoms with E-state index in [1.807, 2.05) is 4.90 Å². The highest BCUT2D eigenvalue weighted by Gasteiger charge is 2.21. The van der Waals surface area contributed by atoms with Crippen LogP contribution in [0.1, 0.15) is 18.4 Å². The number of carbonyl (C=O) groups excluding carboxylic acids is 2. The first-order valence-corrected chi connectivity index (χ1v) is 8.03. The number of phenolic OH excluding ortho intramolecular Hbond substituents is 1. The van der Waals surface area contributed by atoms with Crippen LogP contribution in [0.25, 0.3) is 0 Å². The van der Waals surface area contributed by atoms with Gasteiger partial charge in [-0.25, -0.2) is 4.99 Å². The molecule has 1 aromatic rings. The predicted molar refractivity (Wildman–Crippen MR) is 89.0 cm³/mol. The Hall–Kier alpha value is -2.47. The number of allylic oxidation sites excluding steroid dienone is 1. The smallest absolute Gasteiger partial charge is 0.164 e. The Kier molecular flexibility index (Phi) is 5.05. The zero-order chi connectivity index (χ0) is 16.9. The minimum absolute atomic E-state index is 0.0182. The lowest BCUT2D eigenvalue weighted by Crippen LogP contribution is -2.36. The summed E-state index contributed by atoms with van der Waals surface area (Å²) < 4.78 is 5.31. The molecule has 2 aliphatic heterocycles. The standard InChI is InChI=1S/C18H20N2O4/c21-15-3-1-2-13(8-15)9-16(22)10-14-11-17(23)12-18(19-14)20-4-6-24-7-5-20/h1-3,8,12,21H,4-7,9-11H2. The van der Waals surface area contributed by atoms with Crippen molar-refractivity contribution in [2.24, 2.45) is 4.99 Å². The molecular formula is C18H20N2O4. The van der Waals surface area contributed by atoms with Crippen LogP contribution < -0.4 is 0 Å². The second-order valence-corrected chi connectivity index (χ2v) is 5.99. The zero-order valence-corrected chi connectivity index (χ0v) is 13.4. The summed E-state index contributed by atoms with van der Waals surface area (Å²) in [6, 6.07) is 6.64. The monoisotopic (exact) mass is 328 g/mol. The van der Waals surface area contributed by atoms with Crippen LogP contribution in [0.5, 0.6) is 5.75 Å². The number of aromatic hydroxyl groups is 1. The summed E-state index contributed by atoms with van der Waals surface area (Å²) in [7, 11) is 0. The van der Waals surface area contributed by atoms with Gasteiger partial charge in [-0.2, -0.15) is 0 Å². The molecule has 2 heterocycles. The fraction of sp³-hybridized carbons (Fsp3) is 0.389. The molecule has 0 aromatic heterocycles. The van der Waals surface area contributed by atoms with E-state index in [4.69, 9.17) is 4.74 Å². The van der Waals surface area contributed by atoms with Gasteiger partial charge in [0.2, 0.25) is 0 Å². The molecule has 6 nitrogen and oxygen atoms in total. The van der Waals surface area contributed by atoms with Crippen LogP contribution in [0.15, 0.2) is 41.2 Å². The van der Waals surface area contributed by atoms with Crippen molar-refractivity contribution in [1.82, 2.24) is 4.90 Å². The lowest BCUT2D eigenvalue weighted by Gasteiger charge is -2.30. The minimum Gasteiger partial charge on any atom is -0.508 e. The van der Waals surface area contributed by atoms with Crippen LogP contribution in [0, 0.1) is 0 Å². The summed E-state index contributed by atoms with van der Waals surface area (Å²) in [6.45, 7) is 2.64. The SMILES string of the molecule is O=C1C=C(N2CCOCC2)N=C(CC(=O)Cc2cccc(O)c2)C1. The van der Waals surface area contributed by atoms with E-state index < -0.39 is 0 Å².